The molecular formula is C9H11NO4. The maximum atomic E-state index is 11.1. The lowest BCUT2D eigenvalue weighted by atomic mass is 10.2. The van der Waals surface area contributed by atoms with Crippen LogP contribution in [0.2, 0.25) is 0 Å². The normalized spacial score (nSPS) is 9.93. The fourth-order valence-corrected chi connectivity index (χ4v) is 1.05. The van der Waals surface area contributed by atoms with E-state index in [1.54, 1.807) is 0 Å². The van der Waals surface area contributed by atoms with E-state index in [9.17, 15) is 4.79 Å². The van der Waals surface area contributed by atoms with Crippen molar-refractivity contribution in [1.29, 1.82) is 0 Å². The molecule has 0 aliphatic rings. The zero-order chi connectivity index (χ0) is 10.6. The van der Waals surface area contributed by atoms with E-state index in [1.165, 1.54) is 19.2 Å². The predicted octanol–water partition coefficient (Wildman–Crippen LogP) is -0.147. The van der Waals surface area contributed by atoms with Crippen molar-refractivity contribution >= 4 is 5.97 Å². The molecule has 0 saturated heterocycles. The molecule has 0 unspecified atom stereocenters. The third-order valence-corrected chi connectivity index (χ3v) is 1.68. The number of carbonyl (C=O) groups excluding carboxylic acids is 1. The van der Waals surface area contributed by atoms with Crippen molar-refractivity contribution in [1.82, 2.24) is 4.98 Å². The summed E-state index contributed by atoms with van der Waals surface area (Å²) in [4.78, 5) is 15.0. The highest BCUT2D eigenvalue weighted by molar-refractivity contribution is 5.89. The number of aliphatic hydroxyl groups excluding tert-OH is 2. The van der Waals surface area contributed by atoms with E-state index in [0.29, 0.717) is 11.4 Å². The number of esters is 1. The van der Waals surface area contributed by atoms with Crippen LogP contribution < -0.4 is 0 Å². The summed E-state index contributed by atoms with van der Waals surface area (Å²) in [6.07, 6.45) is 0. The first-order valence-electron chi connectivity index (χ1n) is 4.01. The molecule has 0 spiro atoms. The van der Waals surface area contributed by atoms with Crippen LogP contribution in [0.3, 0.4) is 0 Å². The Bertz CT molecular complexity index is 315. The molecule has 0 fully saturated rings. The molecule has 0 saturated carbocycles. The van der Waals surface area contributed by atoms with Crippen LogP contribution in [0.4, 0.5) is 0 Å². The standard InChI is InChI=1S/C9H11NO4/c1-14-9(13)6-2-7(4-11)10-8(3-6)5-12/h2-3,11-12H,4-5H2,1H3. The van der Waals surface area contributed by atoms with Crippen molar-refractivity contribution in [2.45, 2.75) is 13.2 Å². The van der Waals surface area contributed by atoms with Gasteiger partial charge in [-0.25, -0.2) is 4.79 Å². The average Bonchev–Trinajstić information content (AvgIpc) is 2.27. The number of carbonyl (C=O) groups is 1. The van der Waals surface area contributed by atoms with Gasteiger partial charge in [-0.2, -0.15) is 0 Å². The van der Waals surface area contributed by atoms with E-state index in [1.807, 2.05) is 0 Å². The first-order chi connectivity index (χ1) is 6.71. The maximum absolute atomic E-state index is 11.1. The van der Waals surface area contributed by atoms with Crippen LogP contribution in [0, 0.1) is 0 Å². The van der Waals surface area contributed by atoms with Gasteiger partial charge in [-0.1, -0.05) is 0 Å². The monoisotopic (exact) mass is 197 g/mol. The number of hydrogen-bond donors (Lipinski definition) is 2. The van der Waals surface area contributed by atoms with Crippen LogP contribution in [0.15, 0.2) is 12.1 Å². The van der Waals surface area contributed by atoms with Gasteiger partial charge in [-0.3, -0.25) is 4.98 Å². The molecule has 2 N–H and O–H groups in total. The van der Waals surface area contributed by atoms with Gasteiger partial charge in [0.25, 0.3) is 0 Å². The van der Waals surface area contributed by atoms with E-state index < -0.39 is 5.97 Å². The summed E-state index contributed by atoms with van der Waals surface area (Å²) in [5, 5.41) is 17.7. The SMILES string of the molecule is COC(=O)c1cc(CO)nc(CO)c1. The lowest BCUT2D eigenvalue weighted by Gasteiger charge is -2.04. The van der Waals surface area contributed by atoms with Crippen LogP contribution in [-0.4, -0.2) is 28.3 Å². The van der Waals surface area contributed by atoms with Crippen molar-refractivity contribution in [3.05, 3.63) is 29.1 Å². The number of ether oxygens (including phenoxy) is 1. The average molecular weight is 197 g/mol. The number of hydrogen-bond acceptors (Lipinski definition) is 5. The molecule has 14 heavy (non-hydrogen) atoms. The molecule has 1 heterocycles. The fraction of sp³-hybridized carbons (Fsp3) is 0.333. The van der Waals surface area contributed by atoms with Crippen LogP contribution >= 0.6 is 0 Å². The fourth-order valence-electron chi connectivity index (χ4n) is 1.05. The number of aromatic nitrogens is 1. The highest BCUT2D eigenvalue weighted by atomic mass is 16.5. The number of rotatable bonds is 3. The number of methoxy groups -OCH3 is 1. The molecule has 1 rings (SSSR count). The van der Waals surface area contributed by atoms with Gasteiger partial charge in [-0.15, -0.1) is 0 Å². The summed E-state index contributed by atoms with van der Waals surface area (Å²) in [5.74, 6) is -0.517. The van der Waals surface area contributed by atoms with Crippen molar-refractivity contribution in [3.63, 3.8) is 0 Å². The summed E-state index contributed by atoms with van der Waals surface area (Å²) in [5.41, 5.74) is 0.935. The summed E-state index contributed by atoms with van der Waals surface area (Å²) < 4.78 is 4.51. The molecule has 5 heteroatoms. The largest absolute Gasteiger partial charge is 0.465 e. The van der Waals surface area contributed by atoms with E-state index in [2.05, 4.69) is 9.72 Å². The van der Waals surface area contributed by atoms with Crippen molar-refractivity contribution in [3.8, 4) is 0 Å². The summed E-state index contributed by atoms with van der Waals surface area (Å²) in [6.45, 7) is -0.560. The minimum Gasteiger partial charge on any atom is -0.465 e. The zero-order valence-corrected chi connectivity index (χ0v) is 7.73. The van der Waals surface area contributed by atoms with Gasteiger partial charge in [0.05, 0.1) is 37.3 Å². The van der Waals surface area contributed by atoms with Crippen LogP contribution in [0.5, 0.6) is 0 Å². The minimum atomic E-state index is -0.517. The van der Waals surface area contributed by atoms with E-state index in [0.717, 1.165) is 0 Å². The van der Waals surface area contributed by atoms with E-state index >= 15 is 0 Å². The first-order valence-corrected chi connectivity index (χ1v) is 4.01. The Morgan fingerprint density at radius 2 is 1.86 bits per heavy atom. The molecule has 76 valence electrons. The first kappa shape index (κ1) is 10.6. The molecule has 0 atom stereocenters. The summed E-state index contributed by atoms with van der Waals surface area (Å²) in [7, 11) is 1.26. The maximum Gasteiger partial charge on any atom is 0.337 e. The molecule has 0 aromatic carbocycles. The minimum absolute atomic E-state index is 0.274. The van der Waals surface area contributed by atoms with Gasteiger partial charge in [0.15, 0.2) is 0 Å². The Hall–Kier alpha value is -1.46. The lowest BCUT2D eigenvalue weighted by molar-refractivity contribution is 0.0600. The number of aliphatic hydroxyl groups is 2. The molecule has 0 radical (unpaired) electrons. The van der Waals surface area contributed by atoms with E-state index in [4.69, 9.17) is 10.2 Å². The van der Waals surface area contributed by atoms with Gasteiger partial charge in [0.1, 0.15) is 0 Å². The third kappa shape index (κ3) is 2.27. The second-order valence-electron chi connectivity index (χ2n) is 2.65. The van der Waals surface area contributed by atoms with Gasteiger partial charge in [0.2, 0.25) is 0 Å². The molecular weight excluding hydrogens is 186 g/mol. The molecule has 0 aliphatic carbocycles. The summed E-state index contributed by atoms with van der Waals surface area (Å²) >= 11 is 0. The van der Waals surface area contributed by atoms with Crippen molar-refractivity contribution in [2.24, 2.45) is 0 Å². The van der Waals surface area contributed by atoms with Gasteiger partial charge in [0, 0.05) is 0 Å². The molecule has 0 amide bonds. The Morgan fingerprint density at radius 3 is 2.21 bits per heavy atom. The number of nitrogens with zero attached hydrogens (tertiary/aromatic N) is 1. The van der Waals surface area contributed by atoms with Crippen molar-refractivity contribution < 1.29 is 19.7 Å². The second-order valence-corrected chi connectivity index (χ2v) is 2.65. The van der Waals surface area contributed by atoms with Crippen LogP contribution in [0.25, 0.3) is 0 Å². The third-order valence-electron chi connectivity index (χ3n) is 1.68. The van der Waals surface area contributed by atoms with Gasteiger partial charge < -0.3 is 14.9 Å². The van der Waals surface area contributed by atoms with Crippen LogP contribution in [-0.2, 0) is 18.0 Å². The van der Waals surface area contributed by atoms with Crippen LogP contribution in [0.1, 0.15) is 21.7 Å². The summed E-state index contributed by atoms with van der Waals surface area (Å²) in [6, 6.07) is 2.84. The molecule has 0 aliphatic heterocycles. The Kier molecular flexibility index (Phi) is 3.55. The molecule has 1 aromatic heterocycles. The van der Waals surface area contributed by atoms with Crippen molar-refractivity contribution in [2.75, 3.05) is 7.11 Å². The van der Waals surface area contributed by atoms with Gasteiger partial charge >= 0.3 is 5.97 Å². The molecule has 1 aromatic rings. The topological polar surface area (TPSA) is 79.7 Å². The second kappa shape index (κ2) is 4.69. The highest BCUT2D eigenvalue weighted by Gasteiger charge is 2.08. The lowest BCUT2D eigenvalue weighted by Crippen LogP contribution is -2.06. The Morgan fingerprint density at radius 1 is 1.36 bits per heavy atom. The zero-order valence-electron chi connectivity index (χ0n) is 7.73. The Balaban J connectivity index is 3.10. The predicted molar refractivity (Wildman–Crippen MR) is 47.4 cm³/mol. The highest BCUT2D eigenvalue weighted by Crippen LogP contribution is 2.07. The smallest absolute Gasteiger partial charge is 0.337 e. The number of pyridine rings is 1. The van der Waals surface area contributed by atoms with Gasteiger partial charge in [-0.05, 0) is 12.1 Å². The van der Waals surface area contributed by atoms with E-state index in [-0.39, 0.29) is 18.8 Å². The molecule has 5 nitrogen and oxygen atoms in total. The Labute approximate surface area is 81.0 Å². The quantitative estimate of drug-likeness (QED) is 0.659. The molecule has 0 bridgehead atoms.